The molecule has 2 aromatic rings. The Morgan fingerprint density at radius 2 is 2.05 bits per heavy atom. The maximum Gasteiger partial charge on any atom is 0.255 e. The number of rotatable bonds is 2. The van der Waals surface area contributed by atoms with E-state index in [9.17, 15) is 9.18 Å². The van der Waals surface area contributed by atoms with Crippen LogP contribution < -0.4 is 5.32 Å². The van der Waals surface area contributed by atoms with E-state index in [2.05, 4.69) is 21.2 Å². The minimum absolute atomic E-state index is 0.237. The molecule has 0 heterocycles. The summed E-state index contributed by atoms with van der Waals surface area (Å²) in [6.45, 7) is 1.83. The Balaban J connectivity index is 2.28. The number of nitrogens with one attached hydrogen (secondary N) is 1. The van der Waals surface area contributed by atoms with Crippen molar-refractivity contribution in [3.05, 3.63) is 62.8 Å². The second-order valence-corrected chi connectivity index (χ2v) is 5.32. The number of carbonyl (C=O) groups is 1. The first kappa shape index (κ1) is 14.0. The van der Waals surface area contributed by atoms with Crippen LogP contribution in [0.15, 0.2) is 40.9 Å². The van der Waals surface area contributed by atoms with Crippen molar-refractivity contribution in [2.24, 2.45) is 0 Å². The van der Waals surface area contributed by atoms with E-state index in [1.807, 2.05) is 13.0 Å². The van der Waals surface area contributed by atoms with Crippen LogP contribution >= 0.6 is 27.5 Å². The zero-order valence-electron chi connectivity index (χ0n) is 10.0. The molecule has 0 aliphatic heterocycles. The number of benzene rings is 2. The lowest BCUT2D eigenvalue weighted by Crippen LogP contribution is -2.13. The van der Waals surface area contributed by atoms with Crippen molar-refractivity contribution in [2.45, 2.75) is 6.92 Å². The van der Waals surface area contributed by atoms with Crippen molar-refractivity contribution in [2.75, 3.05) is 5.32 Å². The van der Waals surface area contributed by atoms with E-state index in [-0.39, 0.29) is 10.9 Å². The van der Waals surface area contributed by atoms with Crippen LogP contribution in [-0.2, 0) is 0 Å². The average Bonchev–Trinajstić information content (AvgIpc) is 2.31. The molecular weight excluding hydrogens is 333 g/mol. The van der Waals surface area contributed by atoms with Crippen LogP contribution in [0.2, 0.25) is 5.02 Å². The van der Waals surface area contributed by atoms with Gasteiger partial charge in [-0.2, -0.15) is 0 Å². The minimum atomic E-state index is -0.492. The molecule has 1 N–H and O–H groups in total. The molecule has 1 amide bonds. The van der Waals surface area contributed by atoms with Gasteiger partial charge >= 0.3 is 0 Å². The average molecular weight is 343 g/mol. The third kappa shape index (κ3) is 3.33. The third-order valence-corrected chi connectivity index (χ3v) is 3.71. The summed E-state index contributed by atoms with van der Waals surface area (Å²) in [6, 6.07) is 9.22. The number of hydrogen-bond acceptors (Lipinski definition) is 1. The lowest BCUT2D eigenvalue weighted by Gasteiger charge is -2.09. The fourth-order valence-corrected chi connectivity index (χ4v) is 2.27. The Bertz CT molecular complexity index is 625. The molecule has 0 saturated carbocycles. The summed E-state index contributed by atoms with van der Waals surface area (Å²) in [7, 11) is 0. The molecular formula is C14H10BrClFNO. The molecule has 0 radical (unpaired) electrons. The number of anilines is 1. The van der Waals surface area contributed by atoms with Crippen molar-refractivity contribution in [3.8, 4) is 0 Å². The largest absolute Gasteiger partial charge is 0.322 e. The molecule has 2 rings (SSSR count). The molecule has 0 fully saturated rings. The van der Waals surface area contributed by atoms with Gasteiger partial charge in [0.1, 0.15) is 5.82 Å². The highest BCUT2D eigenvalue weighted by molar-refractivity contribution is 9.10. The number of amides is 1. The van der Waals surface area contributed by atoms with Crippen molar-refractivity contribution in [1.82, 2.24) is 0 Å². The monoisotopic (exact) mass is 341 g/mol. The summed E-state index contributed by atoms with van der Waals surface area (Å²) in [5.74, 6) is -0.797. The lowest BCUT2D eigenvalue weighted by molar-refractivity contribution is 0.102. The van der Waals surface area contributed by atoms with Gasteiger partial charge in [-0.3, -0.25) is 4.79 Å². The van der Waals surface area contributed by atoms with E-state index in [0.717, 1.165) is 10.0 Å². The Labute approximate surface area is 123 Å². The highest BCUT2D eigenvalue weighted by atomic mass is 79.9. The van der Waals surface area contributed by atoms with Crippen LogP contribution in [0.4, 0.5) is 10.1 Å². The van der Waals surface area contributed by atoms with E-state index in [4.69, 9.17) is 11.6 Å². The van der Waals surface area contributed by atoms with Crippen molar-refractivity contribution < 1.29 is 9.18 Å². The van der Waals surface area contributed by atoms with Crippen LogP contribution in [0.5, 0.6) is 0 Å². The first-order chi connectivity index (χ1) is 8.97. The number of halogens is 3. The highest BCUT2D eigenvalue weighted by Crippen LogP contribution is 2.22. The Morgan fingerprint density at radius 1 is 1.32 bits per heavy atom. The fourth-order valence-electron chi connectivity index (χ4n) is 1.68. The molecule has 0 aliphatic rings. The van der Waals surface area contributed by atoms with Gasteiger partial charge < -0.3 is 5.32 Å². The van der Waals surface area contributed by atoms with Crippen molar-refractivity contribution in [3.63, 3.8) is 0 Å². The zero-order chi connectivity index (χ0) is 14.0. The fraction of sp³-hybridized carbons (Fsp3) is 0.0714. The van der Waals surface area contributed by atoms with Gasteiger partial charge in [0.2, 0.25) is 0 Å². The molecule has 0 aliphatic carbocycles. The molecule has 0 bridgehead atoms. The SMILES string of the molecule is Cc1c(Br)cccc1C(=O)Nc1cc(F)cc(Cl)c1. The first-order valence-electron chi connectivity index (χ1n) is 5.50. The normalized spacial score (nSPS) is 10.3. The molecule has 98 valence electrons. The molecule has 0 unspecified atom stereocenters. The predicted octanol–water partition coefficient (Wildman–Crippen LogP) is 4.80. The molecule has 5 heteroatoms. The van der Waals surface area contributed by atoms with Crippen LogP contribution in [0.3, 0.4) is 0 Å². The summed E-state index contributed by atoms with van der Waals surface area (Å²) in [4.78, 5) is 12.1. The molecule has 0 saturated heterocycles. The van der Waals surface area contributed by atoms with Gasteiger partial charge in [-0.05, 0) is 42.8 Å². The van der Waals surface area contributed by atoms with E-state index in [1.54, 1.807) is 12.1 Å². The van der Waals surface area contributed by atoms with Gasteiger partial charge in [-0.25, -0.2) is 4.39 Å². The minimum Gasteiger partial charge on any atom is -0.322 e. The topological polar surface area (TPSA) is 29.1 Å². The lowest BCUT2D eigenvalue weighted by atomic mass is 10.1. The van der Waals surface area contributed by atoms with Gasteiger partial charge in [-0.1, -0.05) is 33.6 Å². The van der Waals surface area contributed by atoms with E-state index in [0.29, 0.717) is 11.3 Å². The van der Waals surface area contributed by atoms with Gasteiger partial charge in [0.05, 0.1) is 0 Å². The molecule has 0 spiro atoms. The summed E-state index contributed by atoms with van der Waals surface area (Å²) in [5, 5.41) is 2.86. The van der Waals surface area contributed by atoms with Crippen LogP contribution in [-0.4, -0.2) is 5.91 Å². The summed E-state index contributed by atoms with van der Waals surface area (Å²) >= 11 is 9.10. The number of carbonyl (C=O) groups excluding carboxylic acids is 1. The summed E-state index contributed by atoms with van der Waals surface area (Å²) < 4.78 is 14.0. The maximum absolute atomic E-state index is 13.2. The van der Waals surface area contributed by atoms with Crippen LogP contribution in [0.25, 0.3) is 0 Å². The first-order valence-corrected chi connectivity index (χ1v) is 6.67. The second kappa shape index (κ2) is 5.72. The molecule has 2 nitrogen and oxygen atoms in total. The van der Waals surface area contributed by atoms with Crippen molar-refractivity contribution >= 4 is 39.1 Å². The van der Waals surface area contributed by atoms with Gasteiger partial charge in [0, 0.05) is 20.7 Å². The Morgan fingerprint density at radius 3 is 2.74 bits per heavy atom. The summed E-state index contributed by atoms with van der Waals surface area (Å²) in [6.07, 6.45) is 0. The van der Waals surface area contributed by atoms with Gasteiger partial charge in [-0.15, -0.1) is 0 Å². The van der Waals surface area contributed by atoms with E-state index < -0.39 is 5.82 Å². The van der Waals surface area contributed by atoms with Crippen molar-refractivity contribution in [1.29, 1.82) is 0 Å². The van der Waals surface area contributed by atoms with E-state index in [1.165, 1.54) is 18.2 Å². The third-order valence-electron chi connectivity index (χ3n) is 2.63. The van der Waals surface area contributed by atoms with Gasteiger partial charge in [0.15, 0.2) is 0 Å². The van der Waals surface area contributed by atoms with Crippen LogP contribution in [0.1, 0.15) is 15.9 Å². The Hall–Kier alpha value is -1.39. The standard InChI is InChI=1S/C14H10BrClFNO/c1-8-12(3-2-4-13(8)15)14(19)18-11-6-9(16)5-10(17)7-11/h2-7H,1H3,(H,18,19). The second-order valence-electron chi connectivity index (χ2n) is 4.02. The molecule has 0 aromatic heterocycles. The predicted molar refractivity (Wildman–Crippen MR) is 78.2 cm³/mol. The molecule has 19 heavy (non-hydrogen) atoms. The smallest absolute Gasteiger partial charge is 0.255 e. The van der Waals surface area contributed by atoms with E-state index >= 15 is 0 Å². The summed E-state index contributed by atoms with van der Waals surface area (Å²) in [5.41, 5.74) is 1.67. The molecule has 2 aromatic carbocycles. The molecule has 0 atom stereocenters. The zero-order valence-corrected chi connectivity index (χ0v) is 12.3. The van der Waals surface area contributed by atoms with Crippen LogP contribution in [0, 0.1) is 12.7 Å². The van der Waals surface area contributed by atoms with Gasteiger partial charge in [0.25, 0.3) is 5.91 Å². The maximum atomic E-state index is 13.2. The number of hydrogen-bond donors (Lipinski definition) is 1. The quantitative estimate of drug-likeness (QED) is 0.834. The highest BCUT2D eigenvalue weighted by Gasteiger charge is 2.11. The Kier molecular flexibility index (Phi) is 4.22.